The van der Waals surface area contributed by atoms with Gasteiger partial charge in [0.2, 0.25) is 0 Å². The van der Waals surface area contributed by atoms with Crippen LogP contribution >= 0.6 is 0 Å². The normalized spacial score (nSPS) is 10.6. The summed E-state index contributed by atoms with van der Waals surface area (Å²) in [5.74, 6) is -0.351. The molecular formula is C35H31FO4. The van der Waals surface area contributed by atoms with Crippen molar-refractivity contribution in [3.05, 3.63) is 131 Å². The number of benzene rings is 4. The lowest BCUT2D eigenvalue weighted by molar-refractivity contribution is -0.130. The van der Waals surface area contributed by atoms with Crippen LogP contribution in [0.5, 0.6) is 11.5 Å². The Labute approximate surface area is 234 Å². The highest BCUT2D eigenvalue weighted by molar-refractivity contribution is 5.89. The van der Waals surface area contributed by atoms with Crippen LogP contribution in [0.1, 0.15) is 36.1 Å². The van der Waals surface area contributed by atoms with Crippen molar-refractivity contribution in [2.24, 2.45) is 0 Å². The van der Waals surface area contributed by atoms with Crippen molar-refractivity contribution in [1.29, 1.82) is 0 Å². The SMILES string of the molecule is C=C(C)C(=O)Oc1ccc(-c2cc(C)c(Cc3ccc(-c4ccc(OC(=O)C(=C)C)cc4)cc3F)c(C)c2)cc1. The Morgan fingerprint density at radius 1 is 0.650 bits per heavy atom. The first kappa shape index (κ1) is 28.2. The zero-order chi connectivity index (χ0) is 29.0. The van der Waals surface area contributed by atoms with Crippen LogP contribution < -0.4 is 9.47 Å². The Bertz CT molecular complexity index is 1590. The lowest BCUT2D eigenvalue weighted by atomic mass is 9.91. The van der Waals surface area contributed by atoms with Crippen LogP contribution in [0.25, 0.3) is 22.3 Å². The van der Waals surface area contributed by atoms with Crippen molar-refractivity contribution in [2.75, 3.05) is 0 Å². The maximum atomic E-state index is 15.2. The second-order valence-electron chi connectivity index (χ2n) is 9.96. The van der Waals surface area contributed by atoms with Crippen molar-refractivity contribution in [1.82, 2.24) is 0 Å². The number of hydrogen-bond acceptors (Lipinski definition) is 4. The number of ether oxygens (including phenoxy) is 2. The van der Waals surface area contributed by atoms with Gasteiger partial charge in [0.15, 0.2) is 0 Å². The minimum atomic E-state index is -0.485. The van der Waals surface area contributed by atoms with E-state index in [1.807, 2.05) is 38.1 Å². The maximum absolute atomic E-state index is 15.2. The van der Waals surface area contributed by atoms with E-state index in [9.17, 15) is 9.59 Å². The predicted octanol–water partition coefficient (Wildman–Crippen LogP) is 8.33. The molecule has 0 saturated carbocycles. The molecule has 0 spiro atoms. The average Bonchev–Trinajstić information content (AvgIpc) is 2.92. The van der Waals surface area contributed by atoms with E-state index in [4.69, 9.17) is 9.47 Å². The van der Waals surface area contributed by atoms with Crippen LogP contribution in [0.2, 0.25) is 0 Å². The number of hydrogen-bond donors (Lipinski definition) is 0. The summed E-state index contributed by atoms with van der Waals surface area (Å²) >= 11 is 0. The second-order valence-corrected chi connectivity index (χ2v) is 9.96. The maximum Gasteiger partial charge on any atom is 0.338 e. The van der Waals surface area contributed by atoms with Gasteiger partial charge in [0.1, 0.15) is 17.3 Å². The molecule has 0 atom stereocenters. The van der Waals surface area contributed by atoms with E-state index in [-0.39, 0.29) is 5.82 Å². The van der Waals surface area contributed by atoms with Gasteiger partial charge in [-0.1, -0.05) is 61.7 Å². The van der Waals surface area contributed by atoms with Gasteiger partial charge in [0.05, 0.1) is 0 Å². The monoisotopic (exact) mass is 534 g/mol. The third-order valence-electron chi connectivity index (χ3n) is 6.61. The second kappa shape index (κ2) is 12.0. The van der Waals surface area contributed by atoms with Crippen LogP contribution in [-0.4, -0.2) is 11.9 Å². The Kier molecular flexibility index (Phi) is 8.44. The molecule has 4 aromatic rings. The van der Waals surface area contributed by atoms with Gasteiger partial charge in [-0.15, -0.1) is 0 Å². The van der Waals surface area contributed by atoms with Gasteiger partial charge in [0, 0.05) is 17.6 Å². The van der Waals surface area contributed by atoms with Gasteiger partial charge < -0.3 is 9.47 Å². The van der Waals surface area contributed by atoms with Gasteiger partial charge in [-0.2, -0.15) is 0 Å². The number of rotatable bonds is 8. The average molecular weight is 535 g/mol. The van der Waals surface area contributed by atoms with Crippen molar-refractivity contribution >= 4 is 11.9 Å². The Morgan fingerprint density at radius 2 is 1.07 bits per heavy atom. The van der Waals surface area contributed by atoms with E-state index in [0.717, 1.165) is 38.9 Å². The number of carbonyl (C=O) groups excluding carboxylic acids is 2. The standard InChI is InChI=1S/C35H31FO4/c1-21(2)34(37)39-30-13-9-25(10-14-30)27-7-8-28(33(36)20-27)19-32-23(5)17-29(18-24(32)6)26-11-15-31(16-12-26)40-35(38)22(3)4/h7-18,20H,1,3,19H2,2,4-6H3. The Balaban J connectivity index is 1.50. The third-order valence-corrected chi connectivity index (χ3v) is 6.61. The lowest BCUT2D eigenvalue weighted by Gasteiger charge is -2.15. The Hall–Kier alpha value is -4.77. The van der Waals surface area contributed by atoms with E-state index in [1.54, 1.807) is 50.2 Å². The first-order valence-corrected chi connectivity index (χ1v) is 12.9. The zero-order valence-corrected chi connectivity index (χ0v) is 23.1. The summed E-state index contributed by atoms with van der Waals surface area (Å²) in [6.07, 6.45) is 0.468. The number of aryl methyl sites for hydroxylation is 2. The summed E-state index contributed by atoms with van der Waals surface area (Å²) in [4.78, 5) is 23.5. The van der Waals surface area contributed by atoms with Crippen molar-refractivity contribution in [3.63, 3.8) is 0 Å². The van der Waals surface area contributed by atoms with Gasteiger partial charge in [-0.05, 0) is 103 Å². The lowest BCUT2D eigenvalue weighted by Crippen LogP contribution is -2.07. The van der Waals surface area contributed by atoms with Gasteiger partial charge in [0.25, 0.3) is 0 Å². The molecule has 0 aliphatic heterocycles. The highest BCUT2D eigenvalue weighted by atomic mass is 19.1. The molecule has 0 fully saturated rings. The molecule has 4 aromatic carbocycles. The van der Waals surface area contributed by atoms with E-state index < -0.39 is 11.9 Å². The molecule has 0 amide bonds. The first-order valence-electron chi connectivity index (χ1n) is 12.9. The topological polar surface area (TPSA) is 52.6 Å². The molecule has 0 bridgehead atoms. The molecule has 0 unspecified atom stereocenters. The molecule has 0 aliphatic carbocycles. The summed E-state index contributed by atoms with van der Waals surface area (Å²) in [5, 5.41) is 0. The van der Waals surface area contributed by atoms with Crippen molar-refractivity contribution in [2.45, 2.75) is 34.1 Å². The Morgan fingerprint density at radius 3 is 1.50 bits per heavy atom. The van der Waals surface area contributed by atoms with Crippen LogP contribution in [0, 0.1) is 19.7 Å². The smallest absolute Gasteiger partial charge is 0.338 e. The van der Waals surface area contributed by atoms with Crippen LogP contribution in [0.3, 0.4) is 0 Å². The molecule has 202 valence electrons. The minimum Gasteiger partial charge on any atom is -0.423 e. The van der Waals surface area contributed by atoms with E-state index >= 15 is 4.39 Å². The molecule has 0 aliphatic rings. The quantitative estimate of drug-likeness (QED) is 0.130. The van der Waals surface area contributed by atoms with Gasteiger partial charge in [-0.3, -0.25) is 0 Å². The van der Waals surface area contributed by atoms with Crippen molar-refractivity contribution < 1.29 is 23.5 Å². The molecule has 0 saturated heterocycles. The molecule has 40 heavy (non-hydrogen) atoms. The van der Waals surface area contributed by atoms with E-state index in [1.165, 1.54) is 6.07 Å². The van der Waals surface area contributed by atoms with Crippen LogP contribution in [0.15, 0.2) is 103 Å². The fourth-order valence-electron chi connectivity index (χ4n) is 4.32. The highest BCUT2D eigenvalue weighted by Gasteiger charge is 2.13. The third kappa shape index (κ3) is 6.62. The minimum absolute atomic E-state index is 0.280. The molecule has 0 N–H and O–H groups in total. The number of esters is 2. The summed E-state index contributed by atoms with van der Waals surface area (Å²) < 4.78 is 25.7. The highest BCUT2D eigenvalue weighted by Crippen LogP contribution is 2.30. The first-order chi connectivity index (χ1) is 19.0. The predicted molar refractivity (Wildman–Crippen MR) is 157 cm³/mol. The molecule has 0 radical (unpaired) electrons. The molecule has 4 rings (SSSR count). The van der Waals surface area contributed by atoms with Gasteiger partial charge >= 0.3 is 11.9 Å². The fraction of sp³-hybridized carbons (Fsp3) is 0.143. The van der Waals surface area contributed by atoms with E-state index in [2.05, 4.69) is 25.3 Å². The molecule has 0 aromatic heterocycles. The van der Waals surface area contributed by atoms with Crippen molar-refractivity contribution in [3.8, 4) is 33.8 Å². The van der Waals surface area contributed by atoms with Crippen LogP contribution in [-0.2, 0) is 16.0 Å². The summed E-state index contributed by atoms with van der Waals surface area (Å²) in [5.41, 5.74) is 8.05. The molecule has 0 heterocycles. The molecular weight excluding hydrogens is 503 g/mol. The fourth-order valence-corrected chi connectivity index (χ4v) is 4.32. The molecule has 4 nitrogen and oxygen atoms in total. The van der Waals surface area contributed by atoms with Crippen LogP contribution in [0.4, 0.5) is 4.39 Å². The summed E-state index contributed by atoms with van der Waals surface area (Å²) in [6, 6.07) is 23.7. The summed E-state index contributed by atoms with van der Waals surface area (Å²) in [6.45, 7) is 14.4. The zero-order valence-electron chi connectivity index (χ0n) is 23.1. The van der Waals surface area contributed by atoms with Gasteiger partial charge in [-0.25, -0.2) is 14.0 Å². The number of carbonyl (C=O) groups is 2. The molecule has 5 heteroatoms. The summed E-state index contributed by atoms with van der Waals surface area (Å²) in [7, 11) is 0. The van der Waals surface area contributed by atoms with E-state index in [0.29, 0.717) is 34.6 Å². The largest absolute Gasteiger partial charge is 0.423 e. The number of halogens is 1.